The van der Waals surface area contributed by atoms with Crippen molar-refractivity contribution in [1.82, 2.24) is 0 Å². The van der Waals surface area contributed by atoms with Gasteiger partial charge >= 0.3 is 0 Å². The molecule has 0 aliphatic carbocycles. The van der Waals surface area contributed by atoms with Gasteiger partial charge in [0.25, 0.3) is 0 Å². The first-order chi connectivity index (χ1) is 18.1. The van der Waals surface area contributed by atoms with E-state index in [0.29, 0.717) is 37.9 Å². The molecule has 0 saturated carbocycles. The fraction of sp³-hybridized carbons (Fsp3) is 0.960. The van der Waals surface area contributed by atoms with E-state index in [2.05, 4.69) is 0 Å². The van der Waals surface area contributed by atoms with Gasteiger partial charge in [-0.2, -0.15) is 35.3 Å². The molecular weight excluding hydrogens is 540 g/mol. The third-order valence-corrected chi connectivity index (χ3v) is 11.5. The van der Waals surface area contributed by atoms with Crippen LogP contribution in [-0.2, 0) is 42.7 Å². The summed E-state index contributed by atoms with van der Waals surface area (Å²) in [5, 5.41) is 0. The minimum absolute atomic E-state index is 0.0615. The second-order valence-electron chi connectivity index (χ2n) is 10.1. The Balaban J connectivity index is 1.41. The molecule has 5 aliphatic heterocycles. The highest BCUT2D eigenvalue weighted by Gasteiger charge is 2.57. The summed E-state index contributed by atoms with van der Waals surface area (Å²) in [5.41, 5.74) is 0. The summed E-state index contributed by atoms with van der Waals surface area (Å²) in [7, 11) is 3.23. The van der Waals surface area contributed by atoms with Gasteiger partial charge in [0.2, 0.25) is 0 Å². The Hall–Kier alpha value is 0.400. The summed E-state index contributed by atoms with van der Waals surface area (Å²) in [4.78, 5) is 14.4. The number of hydrogen-bond donors (Lipinski definition) is 0. The summed E-state index contributed by atoms with van der Waals surface area (Å²) >= 11 is 5.53. The van der Waals surface area contributed by atoms with Crippen LogP contribution in [0.5, 0.6) is 0 Å². The van der Waals surface area contributed by atoms with Crippen molar-refractivity contribution >= 4 is 41.1 Å². The van der Waals surface area contributed by atoms with Crippen LogP contribution in [0.3, 0.4) is 0 Å². The molecule has 5 saturated heterocycles. The molecule has 9 nitrogen and oxygen atoms in total. The predicted molar refractivity (Wildman–Crippen MR) is 143 cm³/mol. The Kier molecular flexibility index (Phi) is 10.5. The van der Waals surface area contributed by atoms with Gasteiger partial charge in [0.05, 0.1) is 50.5 Å². The average Bonchev–Trinajstić information content (AvgIpc) is 3.58. The Labute approximate surface area is 232 Å². The van der Waals surface area contributed by atoms with Gasteiger partial charge in [0.15, 0.2) is 11.6 Å². The maximum absolute atomic E-state index is 14.4. The first-order valence-corrected chi connectivity index (χ1v) is 16.6. The number of carbonyl (C=O) groups excluding carboxylic acids is 1. The smallest absolute Gasteiger partial charge is 0.175 e. The first-order valence-electron chi connectivity index (χ1n) is 13.2. The van der Waals surface area contributed by atoms with Crippen LogP contribution in [0.2, 0.25) is 0 Å². The molecule has 0 amide bonds. The third kappa shape index (κ3) is 6.05. The van der Waals surface area contributed by atoms with Gasteiger partial charge in [0, 0.05) is 61.9 Å². The van der Waals surface area contributed by atoms with E-state index in [-0.39, 0.29) is 55.2 Å². The molecule has 6 atom stereocenters. The van der Waals surface area contributed by atoms with Crippen molar-refractivity contribution in [2.24, 2.45) is 23.7 Å². The predicted octanol–water partition coefficient (Wildman–Crippen LogP) is 2.51. The largest absolute Gasteiger partial charge is 0.359 e. The molecule has 12 heteroatoms. The van der Waals surface area contributed by atoms with Crippen LogP contribution in [0.4, 0.5) is 0 Å². The van der Waals surface area contributed by atoms with Gasteiger partial charge in [-0.15, -0.1) is 0 Å². The lowest BCUT2D eigenvalue weighted by Gasteiger charge is -2.48. The topological polar surface area (TPSA) is 90.9 Å². The molecule has 0 aromatic rings. The molecule has 5 rings (SSSR count). The Morgan fingerprint density at radius 1 is 0.730 bits per heavy atom. The Morgan fingerprint density at radius 2 is 1.16 bits per heavy atom. The van der Waals surface area contributed by atoms with E-state index in [0.717, 1.165) is 35.9 Å². The van der Waals surface area contributed by atoms with Gasteiger partial charge in [-0.1, -0.05) is 0 Å². The van der Waals surface area contributed by atoms with E-state index in [1.54, 1.807) is 26.0 Å². The van der Waals surface area contributed by atoms with E-state index in [1.165, 1.54) is 0 Å². The quantitative estimate of drug-likeness (QED) is 0.356. The molecule has 2 spiro atoms. The van der Waals surface area contributed by atoms with Crippen molar-refractivity contribution in [1.29, 1.82) is 0 Å². The first kappa shape index (κ1) is 28.9. The summed E-state index contributed by atoms with van der Waals surface area (Å²) in [6.07, 6.45) is 0.849. The molecular formula is C25H40O9S3. The molecule has 212 valence electrons. The summed E-state index contributed by atoms with van der Waals surface area (Å²) in [5.74, 6) is 2.99. The average molecular weight is 581 g/mol. The molecule has 37 heavy (non-hydrogen) atoms. The normalized spacial score (nSPS) is 35.2. The number of thioether (sulfide) groups is 3. The van der Waals surface area contributed by atoms with E-state index in [1.807, 2.05) is 23.5 Å². The van der Waals surface area contributed by atoms with Crippen LogP contribution < -0.4 is 0 Å². The molecule has 5 aliphatic rings. The molecule has 0 aromatic heterocycles. The van der Waals surface area contributed by atoms with Crippen molar-refractivity contribution in [3.8, 4) is 0 Å². The third-order valence-electron chi connectivity index (χ3n) is 8.14. The minimum atomic E-state index is -0.691. The highest BCUT2D eigenvalue weighted by molar-refractivity contribution is 7.99. The standard InChI is InChI=1S/C25H40O9S3/c1-27-15-29-22(19-13-35-9-3-24(19)31-5-6-32-24)17-11-37-12-18(21(17)26)23(30-16-28-2)20-14-36-10-4-25(20)33-7-8-34-25/h17-20,22-23H,3-16H2,1-2H3/t17-,18-,19+,20+,22-,23+/m1/s1. The van der Waals surface area contributed by atoms with Gasteiger partial charge in [-0.3, -0.25) is 4.79 Å². The van der Waals surface area contributed by atoms with Crippen molar-refractivity contribution in [2.45, 2.75) is 36.6 Å². The zero-order valence-corrected chi connectivity index (χ0v) is 24.2. The fourth-order valence-corrected chi connectivity index (χ4v) is 10.4. The minimum Gasteiger partial charge on any atom is -0.359 e. The lowest BCUT2D eigenvalue weighted by Crippen LogP contribution is -2.58. The second-order valence-corrected chi connectivity index (χ2v) is 13.5. The van der Waals surface area contributed by atoms with Crippen molar-refractivity contribution in [2.75, 3.05) is 88.8 Å². The van der Waals surface area contributed by atoms with Crippen LogP contribution in [-0.4, -0.2) is 118 Å². The SMILES string of the molecule is COCO[C@H]([C@@H]1CSC[C@@H]([C@H](OCOC)[C@@H]2CSCCC23OCCO3)C1=O)[C@@H]1CSCCC12OCCO2. The molecule has 0 bridgehead atoms. The molecule has 0 N–H and O–H groups in total. The highest BCUT2D eigenvalue weighted by atomic mass is 32.2. The van der Waals surface area contributed by atoms with Crippen LogP contribution in [0.25, 0.3) is 0 Å². The van der Waals surface area contributed by atoms with E-state index >= 15 is 0 Å². The van der Waals surface area contributed by atoms with Gasteiger partial charge in [-0.05, 0) is 11.5 Å². The zero-order valence-electron chi connectivity index (χ0n) is 21.8. The number of hydrogen-bond acceptors (Lipinski definition) is 12. The fourth-order valence-electron chi connectivity index (χ4n) is 6.42. The number of ketones is 1. The number of Topliss-reactive ketones (excluding diaryl/α,β-unsaturated/α-hetero) is 1. The Bertz CT molecular complexity index is 689. The van der Waals surface area contributed by atoms with Crippen molar-refractivity contribution < 1.29 is 42.7 Å². The van der Waals surface area contributed by atoms with E-state index in [9.17, 15) is 4.79 Å². The number of ether oxygens (including phenoxy) is 8. The van der Waals surface area contributed by atoms with Crippen molar-refractivity contribution in [3.05, 3.63) is 0 Å². The molecule has 5 fully saturated rings. The van der Waals surface area contributed by atoms with Crippen LogP contribution >= 0.6 is 35.3 Å². The highest BCUT2D eigenvalue weighted by Crippen LogP contribution is 2.48. The lowest BCUT2D eigenvalue weighted by atomic mass is 9.76. The monoisotopic (exact) mass is 580 g/mol. The van der Waals surface area contributed by atoms with Crippen molar-refractivity contribution in [3.63, 3.8) is 0 Å². The zero-order chi connectivity index (χ0) is 25.7. The van der Waals surface area contributed by atoms with E-state index < -0.39 is 11.6 Å². The van der Waals surface area contributed by atoms with Crippen LogP contribution in [0.1, 0.15) is 12.8 Å². The molecule has 0 radical (unpaired) electrons. The number of methoxy groups -OCH3 is 2. The maximum Gasteiger partial charge on any atom is 0.175 e. The Morgan fingerprint density at radius 3 is 1.57 bits per heavy atom. The number of carbonyl (C=O) groups is 1. The molecule has 0 aromatic carbocycles. The molecule has 0 unspecified atom stereocenters. The number of rotatable bonds is 10. The summed E-state index contributed by atoms with van der Waals surface area (Å²) in [6.45, 7) is 2.53. The summed E-state index contributed by atoms with van der Waals surface area (Å²) < 4.78 is 48.2. The summed E-state index contributed by atoms with van der Waals surface area (Å²) in [6, 6.07) is 0. The van der Waals surface area contributed by atoms with Gasteiger partial charge < -0.3 is 37.9 Å². The van der Waals surface area contributed by atoms with Gasteiger partial charge in [-0.25, -0.2) is 0 Å². The van der Waals surface area contributed by atoms with Crippen LogP contribution in [0, 0.1) is 23.7 Å². The maximum atomic E-state index is 14.4. The molecule has 5 heterocycles. The van der Waals surface area contributed by atoms with Crippen LogP contribution in [0.15, 0.2) is 0 Å². The lowest BCUT2D eigenvalue weighted by molar-refractivity contribution is -0.238. The van der Waals surface area contributed by atoms with Gasteiger partial charge in [0.1, 0.15) is 19.4 Å². The van der Waals surface area contributed by atoms with E-state index in [4.69, 9.17) is 37.9 Å². The second kappa shape index (κ2) is 13.4.